The van der Waals surface area contributed by atoms with Crippen LogP contribution in [0.4, 0.5) is 4.39 Å². The van der Waals surface area contributed by atoms with Crippen LogP contribution in [0, 0.1) is 5.95 Å². The monoisotopic (exact) mass is 229 g/mol. The molecule has 1 rings (SSSR count). The Balaban J connectivity index is 3.03. The summed E-state index contributed by atoms with van der Waals surface area (Å²) in [5, 5.41) is 27.6. The lowest BCUT2D eigenvalue weighted by Gasteiger charge is -2.18. The summed E-state index contributed by atoms with van der Waals surface area (Å²) in [6, 6.07) is 1.25. The molecule has 0 saturated heterocycles. The molecule has 1 aromatic heterocycles. The van der Waals surface area contributed by atoms with Crippen molar-refractivity contribution >= 4 is 6.29 Å². The Morgan fingerprint density at radius 2 is 2.19 bits per heavy atom. The second-order valence-corrected chi connectivity index (χ2v) is 3.25. The third-order valence-corrected chi connectivity index (χ3v) is 2.20. The highest BCUT2D eigenvalue weighted by atomic mass is 19.1. The van der Waals surface area contributed by atoms with Crippen molar-refractivity contribution in [2.75, 3.05) is 6.61 Å². The number of carbonyl (C=O) groups is 1. The standard InChI is InChI=1S/C10H12FNO4/c11-10-7(5-14)6(1-3-12-10)9(16)8(15)2-4-13/h1,3,5,8-9,13,15-16H,2,4H2. The Labute approximate surface area is 91.2 Å². The predicted octanol–water partition coefficient (Wildman–Crippen LogP) is -0.190. The molecule has 0 aliphatic heterocycles. The van der Waals surface area contributed by atoms with Gasteiger partial charge in [0.25, 0.3) is 0 Å². The summed E-state index contributed by atoms with van der Waals surface area (Å²) in [6.07, 6.45) is -1.43. The van der Waals surface area contributed by atoms with E-state index in [-0.39, 0.29) is 30.4 Å². The van der Waals surface area contributed by atoms with E-state index in [9.17, 15) is 19.4 Å². The lowest BCUT2D eigenvalue weighted by atomic mass is 9.99. The number of aromatic nitrogens is 1. The van der Waals surface area contributed by atoms with Crippen LogP contribution in [0.2, 0.25) is 0 Å². The molecule has 2 atom stereocenters. The highest BCUT2D eigenvalue weighted by Crippen LogP contribution is 2.22. The van der Waals surface area contributed by atoms with Gasteiger partial charge in [-0.05, 0) is 18.1 Å². The van der Waals surface area contributed by atoms with E-state index in [1.807, 2.05) is 0 Å². The molecule has 3 N–H and O–H groups in total. The number of nitrogens with zero attached hydrogens (tertiary/aromatic N) is 1. The fourth-order valence-corrected chi connectivity index (χ4v) is 1.33. The lowest BCUT2D eigenvalue weighted by molar-refractivity contribution is 0.00372. The van der Waals surface area contributed by atoms with Gasteiger partial charge in [-0.1, -0.05) is 0 Å². The maximum atomic E-state index is 13.1. The average molecular weight is 229 g/mol. The van der Waals surface area contributed by atoms with Crippen molar-refractivity contribution in [1.29, 1.82) is 0 Å². The van der Waals surface area contributed by atoms with Gasteiger partial charge in [-0.25, -0.2) is 4.98 Å². The summed E-state index contributed by atoms with van der Waals surface area (Å²) in [4.78, 5) is 13.9. The van der Waals surface area contributed by atoms with Gasteiger partial charge in [0.15, 0.2) is 6.29 Å². The summed E-state index contributed by atoms with van der Waals surface area (Å²) in [7, 11) is 0. The molecule has 0 fully saturated rings. The van der Waals surface area contributed by atoms with Crippen LogP contribution in [0.5, 0.6) is 0 Å². The summed E-state index contributed by atoms with van der Waals surface area (Å²) in [5.41, 5.74) is -0.421. The maximum Gasteiger partial charge on any atom is 0.223 e. The van der Waals surface area contributed by atoms with Crippen LogP contribution in [0.25, 0.3) is 0 Å². The van der Waals surface area contributed by atoms with Crippen molar-refractivity contribution in [1.82, 2.24) is 4.98 Å². The van der Waals surface area contributed by atoms with Crippen LogP contribution < -0.4 is 0 Å². The maximum absolute atomic E-state index is 13.1. The summed E-state index contributed by atoms with van der Waals surface area (Å²) in [5.74, 6) is -0.997. The van der Waals surface area contributed by atoms with E-state index in [0.29, 0.717) is 0 Å². The Hall–Kier alpha value is -1.37. The normalized spacial score (nSPS) is 14.5. The van der Waals surface area contributed by atoms with E-state index in [4.69, 9.17) is 5.11 Å². The van der Waals surface area contributed by atoms with Gasteiger partial charge in [0.2, 0.25) is 5.95 Å². The van der Waals surface area contributed by atoms with E-state index in [1.54, 1.807) is 0 Å². The molecule has 5 nitrogen and oxygen atoms in total. The van der Waals surface area contributed by atoms with Crippen molar-refractivity contribution in [2.24, 2.45) is 0 Å². The molecule has 16 heavy (non-hydrogen) atoms. The molecule has 0 bridgehead atoms. The molecule has 0 radical (unpaired) electrons. The van der Waals surface area contributed by atoms with E-state index in [1.165, 1.54) is 6.07 Å². The van der Waals surface area contributed by atoms with Gasteiger partial charge in [-0.2, -0.15) is 4.39 Å². The van der Waals surface area contributed by atoms with Crippen molar-refractivity contribution in [3.63, 3.8) is 0 Å². The van der Waals surface area contributed by atoms with E-state index >= 15 is 0 Å². The molecule has 0 aliphatic carbocycles. The largest absolute Gasteiger partial charge is 0.396 e. The Morgan fingerprint density at radius 3 is 2.75 bits per heavy atom. The first kappa shape index (κ1) is 12.7. The number of pyridine rings is 1. The van der Waals surface area contributed by atoms with Gasteiger partial charge < -0.3 is 15.3 Å². The molecule has 2 unspecified atom stereocenters. The molecule has 0 aromatic carbocycles. The molecular formula is C10H12FNO4. The predicted molar refractivity (Wildman–Crippen MR) is 52.3 cm³/mol. The third kappa shape index (κ3) is 2.60. The Morgan fingerprint density at radius 1 is 1.50 bits per heavy atom. The molecule has 1 aromatic rings. The zero-order valence-corrected chi connectivity index (χ0v) is 8.38. The minimum Gasteiger partial charge on any atom is -0.396 e. The van der Waals surface area contributed by atoms with Crippen LogP contribution in [-0.2, 0) is 0 Å². The number of aliphatic hydroxyl groups is 3. The number of halogens is 1. The number of aldehydes is 1. The number of hydrogen-bond donors (Lipinski definition) is 3. The third-order valence-electron chi connectivity index (χ3n) is 2.20. The fraction of sp³-hybridized carbons (Fsp3) is 0.400. The van der Waals surface area contributed by atoms with Crippen LogP contribution in [0.1, 0.15) is 28.4 Å². The number of aliphatic hydroxyl groups excluding tert-OH is 3. The first-order valence-electron chi connectivity index (χ1n) is 4.68. The second-order valence-electron chi connectivity index (χ2n) is 3.25. The van der Waals surface area contributed by atoms with E-state index in [0.717, 1.165) is 6.20 Å². The number of rotatable bonds is 5. The van der Waals surface area contributed by atoms with Gasteiger partial charge >= 0.3 is 0 Å². The van der Waals surface area contributed by atoms with Gasteiger partial charge in [-0.3, -0.25) is 4.79 Å². The highest BCUT2D eigenvalue weighted by Gasteiger charge is 2.22. The van der Waals surface area contributed by atoms with E-state index < -0.39 is 18.2 Å². The van der Waals surface area contributed by atoms with E-state index in [2.05, 4.69) is 4.98 Å². The van der Waals surface area contributed by atoms with Gasteiger partial charge in [0.05, 0.1) is 11.7 Å². The van der Waals surface area contributed by atoms with Gasteiger partial charge in [-0.15, -0.1) is 0 Å². The van der Waals surface area contributed by atoms with Crippen LogP contribution in [-0.4, -0.2) is 39.3 Å². The molecular weight excluding hydrogens is 217 g/mol. The van der Waals surface area contributed by atoms with Crippen LogP contribution >= 0.6 is 0 Å². The molecule has 0 amide bonds. The van der Waals surface area contributed by atoms with Crippen molar-refractivity contribution in [3.8, 4) is 0 Å². The minimum absolute atomic E-state index is 0.0385. The average Bonchev–Trinajstić information content (AvgIpc) is 2.28. The van der Waals surface area contributed by atoms with Crippen molar-refractivity contribution in [2.45, 2.75) is 18.6 Å². The topological polar surface area (TPSA) is 90.7 Å². The number of hydrogen-bond acceptors (Lipinski definition) is 5. The molecule has 1 heterocycles. The fourth-order valence-electron chi connectivity index (χ4n) is 1.33. The summed E-state index contributed by atoms with van der Waals surface area (Å²) in [6.45, 7) is -0.317. The molecule has 6 heteroatoms. The zero-order chi connectivity index (χ0) is 12.1. The lowest BCUT2D eigenvalue weighted by Crippen LogP contribution is -2.21. The molecule has 0 spiro atoms. The van der Waals surface area contributed by atoms with Crippen molar-refractivity contribution < 1.29 is 24.5 Å². The molecule has 0 saturated carbocycles. The number of carbonyl (C=O) groups excluding carboxylic acids is 1. The first-order chi connectivity index (χ1) is 7.61. The van der Waals surface area contributed by atoms with Crippen LogP contribution in [0.15, 0.2) is 12.3 Å². The van der Waals surface area contributed by atoms with Gasteiger partial charge in [0, 0.05) is 12.8 Å². The highest BCUT2D eigenvalue weighted by molar-refractivity contribution is 5.77. The first-order valence-corrected chi connectivity index (χ1v) is 4.68. The molecule has 0 aliphatic rings. The Bertz CT molecular complexity index is 372. The molecule has 88 valence electrons. The minimum atomic E-state index is -1.43. The summed E-state index contributed by atoms with van der Waals surface area (Å²) < 4.78 is 13.1. The summed E-state index contributed by atoms with van der Waals surface area (Å²) >= 11 is 0. The Kier molecular flexibility index (Phi) is 4.48. The van der Waals surface area contributed by atoms with Crippen molar-refractivity contribution in [3.05, 3.63) is 29.3 Å². The zero-order valence-electron chi connectivity index (χ0n) is 8.38. The SMILES string of the molecule is O=Cc1c(C(O)C(O)CCO)ccnc1F. The quantitative estimate of drug-likeness (QED) is 0.481. The van der Waals surface area contributed by atoms with Gasteiger partial charge in [0.1, 0.15) is 6.10 Å². The smallest absolute Gasteiger partial charge is 0.223 e. The second kappa shape index (κ2) is 5.64. The van der Waals surface area contributed by atoms with Crippen LogP contribution in [0.3, 0.4) is 0 Å².